The molecule has 0 spiro atoms. The molecule has 0 heterocycles. The highest BCUT2D eigenvalue weighted by Crippen LogP contribution is 2.48. The van der Waals surface area contributed by atoms with Gasteiger partial charge in [-0.05, 0) is 6.42 Å². The van der Waals surface area contributed by atoms with Gasteiger partial charge in [0.25, 0.3) is 5.67 Å². The van der Waals surface area contributed by atoms with Gasteiger partial charge < -0.3 is 0 Å². The minimum Gasteiger partial charge on any atom is -0.229 e. The fourth-order valence-electron chi connectivity index (χ4n) is 1.12. The first-order valence-electron chi connectivity index (χ1n) is 4.85. The van der Waals surface area contributed by atoms with Crippen LogP contribution in [0.5, 0.6) is 0 Å². The Bertz CT molecular complexity index is 373. The molecule has 0 aromatic heterocycles. The third-order valence-electron chi connectivity index (χ3n) is 2.25. The van der Waals surface area contributed by atoms with E-state index in [4.69, 9.17) is 11.6 Å². The van der Waals surface area contributed by atoms with Gasteiger partial charge in [-0.15, -0.1) is 11.6 Å². The van der Waals surface area contributed by atoms with Gasteiger partial charge in [-0.2, -0.15) is 26.3 Å². The van der Waals surface area contributed by atoms with Crippen molar-refractivity contribution in [3.63, 3.8) is 0 Å². The summed E-state index contributed by atoms with van der Waals surface area (Å²) in [5.74, 6) is -2.37. The number of rotatable bonds is 6. The molecule has 11 heteroatoms. The quantitative estimate of drug-likeness (QED) is 0.550. The molecule has 0 unspecified atom stereocenters. The second-order valence-electron chi connectivity index (χ2n) is 3.74. The average molecular weight is 339 g/mol. The predicted octanol–water partition coefficient (Wildman–Crippen LogP) is 3.25. The number of sulfone groups is 1. The molecule has 0 amide bonds. The summed E-state index contributed by atoms with van der Waals surface area (Å²) in [5.41, 5.74) is -5.53. The minimum absolute atomic E-state index is 0.126. The molecule has 0 aliphatic heterocycles. The third-order valence-corrected chi connectivity index (χ3v) is 4.25. The molecule has 0 bridgehead atoms. The lowest BCUT2D eigenvalue weighted by Crippen LogP contribution is -2.54. The second kappa shape index (κ2) is 6.02. The van der Waals surface area contributed by atoms with E-state index >= 15 is 0 Å². The summed E-state index contributed by atoms with van der Waals surface area (Å²) < 4.78 is 108. The van der Waals surface area contributed by atoms with E-state index < -0.39 is 45.8 Å². The van der Waals surface area contributed by atoms with Crippen molar-refractivity contribution in [2.75, 3.05) is 17.4 Å². The van der Waals surface area contributed by atoms with Crippen LogP contribution in [0.25, 0.3) is 0 Å². The molecule has 0 rings (SSSR count). The van der Waals surface area contributed by atoms with Gasteiger partial charge >= 0.3 is 12.4 Å². The zero-order valence-electron chi connectivity index (χ0n) is 9.28. The molecule has 0 aliphatic carbocycles. The van der Waals surface area contributed by atoms with Gasteiger partial charge in [0.05, 0.1) is 11.5 Å². The van der Waals surface area contributed by atoms with Crippen LogP contribution in [0, 0.1) is 0 Å². The molecule has 0 aliphatic rings. The Morgan fingerprint density at radius 3 is 1.58 bits per heavy atom. The van der Waals surface area contributed by atoms with E-state index in [0.717, 1.165) is 0 Å². The fraction of sp³-hybridized carbons (Fsp3) is 1.00. The lowest BCUT2D eigenvalue weighted by Gasteiger charge is -2.29. The first-order valence-corrected chi connectivity index (χ1v) is 7.21. The number of halogens is 8. The van der Waals surface area contributed by atoms with Crippen LogP contribution in [-0.2, 0) is 9.84 Å². The SMILES string of the molecule is O=S(=O)(CCCCl)CCC(F)(C(F)(F)F)C(F)(F)F. The Hall–Kier alpha value is -0.250. The van der Waals surface area contributed by atoms with Crippen molar-refractivity contribution in [1.82, 2.24) is 0 Å². The second-order valence-corrected chi connectivity index (χ2v) is 6.42. The van der Waals surface area contributed by atoms with Gasteiger partial charge in [-0.3, -0.25) is 0 Å². The maximum Gasteiger partial charge on any atom is 0.431 e. The van der Waals surface area contributed by atoms with Crippen LogP contribution in [0.2, 0.25) is 0 Å². The largest absolute Gasteiger partial charge is 0.431 e. The summed E-state index contributed by atoms with van der Waals surface area (Å²) in [5, 5.41) is 0. The molecule has 116 valence electrons. The number of hydrogen-bond donors (Lipinski definition) is 0. The molecule has 0 atom stereocenters. The van der Waals surface area contributed by atoms with Gasteiger partial charge in [0.1, 0.15) is 9.84 Å². The first kappa shape index (κ1) is 18.8. The maximum atomic E-state index is 13.1. The van der Waals surface area contributed by atoms with E-state index in [1.54, 1.807) is 0 Å². The van der Waals surface area contributed by atoms with Crippen molar-refractivity contribution in [1.29, 1.82) is 0 Å². The molecule has 0 N–H and O–H groups in total. The van der Waals surface area contributed by atoms with Gasteiger partial charge in [-0.1, -0.05) is 0 Å². The van der Waals surface area contributed by atoms with Crippen molar-refractivity contribution in [2.45, 2.75) is 30.9 Å². The standard InChI is InChI=1S/C8H10ClF7O2S/c9-3-1-4-19(17,18)5-2-6(10,7(11,12)13)8(14,15)16/h1-5H2. The molecule has 0 fully saturated rings. The van der Waals surface area contributed by atoms with E-state index in [1.807, 2.05) is 0 Å². The highest BCUT2D eigenvalue weighted by Gasteiger charge is 2.72. The zero-order chi connectivity index (χ0) is 15.5. The molecule has 0 saturated heterocycles. The topological polar surface area (TPSA) is 34.1 Å². The molecule has 0 aromatic carbocycles. The Labute approximate surface area is 109 Å². The number of hydrogen-bond acceptors (Lipinski definition) is 2. The average Bonchev–Trinajstić information content (AvgIpc) is 2.20. The monoisotopic (exact) mass is 338 g/mol. The summed E-state index contributed by atoms with van der Waals surface area (Å²) in [4.78, 5) is 0. The first-order chi connectivity index (χ1) is 8.27. The molecule has 0 radical (unpaired) electrons. The molecule has 0 saturated carbocycles. The Morgan fingerprint density at radius 1 is 0.842 bits per heavy atom. The molecule has 19 heavy (non-hydrogen) atoms. The zero-order valence-corrected chi connectivity index (χ0v) is 10.9. The van der Waals surface area contributed by atoms with Crippen LogP contribution in [0.1, 0.15) is 12.8 Å². The van der Waals surface area contributed by atoms with Crippen LogP contribution in [0.15, 0.2) is 0 Å². The van der Waals surface area contributed by atoms with E-state index in [2.05, 4.69) is 0 Å². The lowest BCUT2D eigenvalue weighted by atomic mass is 10.0. The Morgan fingerprint density at radius 2 is 1.26 bits per heavy atom. The summed E-state index contributed by atoms with van der Waals surface area (Å²) in [7, 11) is -4.22. The summed E-state index contributed by atoms with van der Waals surface area (Å²) >= 11 is 5.14. The Kier molecular flexibility index (Phi) is 5.95. The Balaban J connectivity index is 5.00. The van der Waals surface area contributed by atoms with Crippen LogP contribution in [0.4, 0.5) is 30.7 Å². The van der Waals surface area contributed by atoms with Crippen LogP contribution < -0.4 is 0 Å². The van der Waals surface area contributed by atoms with E-state index in [1.165, 1.54) is 0 Å². The summed E-state index contributed by atoms with van der Waals surface area (Å²) in [6.45, 7) is 0. The molecular formula is C8H10ClF7O2S. The highest BCUT2D eigenvalue weighted by molar-refractivity contribution is 7.91. The predicted molar refractivity (Wildman–Crippen MR) is 54.6 cm³/mol. The van der Waals surface area contributed by atoms with E-state index in [-0.39, 0.29) is 12.3 Å². The molecule has 2 nitrogen and oxygen atoms in total. The molecule has 0 aromatic rings. The van der Waals surface area contributed by atoms with Gasteiger partial charge in [0, 0.05) is 12.3 Å². The third kappa shape index (κ3) is 4.97. The fourth-order valence-corrected chi connectivity index (χ4v) is 2.79. The van der Waals surface area contributed by atoms with E-state index in [9.17, 15) is 39.2 Å². The van der Waals surface area contributed by atoms with Gasteiger partial charge in [0.2, 0.25) is 0 Å². The normalized spacial score (nSPS) is 14.7. The minimum atomic E-state index is -6.23. The van der Waals surface area contributed by atoms with Crippen LogP contribution in [0.3, 0.4) is 0 Å². The van der Waals surface area contributed by atoms with Crippen LogP contribution >= 0.6 is 11.6 Å². The van der Waals surface area contributed by atoms with Gasteiger partial charge in [0.15, 0.2) is 0 Å². The van der Waals surface area contributed by atoms with Crippen molar-refractivity contribution in [3.8, 4) is 0 Å². The number of alkyl halides is 8. The summed E-state index contributed by atoms with van der Waals surface area (Å²) in [6.07, 6.45) is -14.8. The smallest absolute Gasteiger partial charge is 0.229 e. The van der Waals surface area contributed by atoms with Gasteiger partial charge in [-0.25, -0.2) is 12.8 Å². The highest BCUT2D eigenvalue weighted by atomic mass is 35.5. The van der Waals surface area contributed by atoms with Crippen molar-refractivity contribution < 1.29 is 39.2 Å². The van der Waals surface area contributed by atoms with Crippen molar-refractivity contribution >= 4 is 21.4 Å². The van der Waals surface area contributed by atoms with E-state index in [0.29, 0.717) is 0 Å². The summed E-state index contributed by atoms with van der Waals surface area (Å²) in [6, 6.07) is 0. The maximum absolute atomic E-state index is 13.1. The lowest BCUT2D eigenvalue weighted by molar-refractivity contribution is -0.341. The van der Waals surface area contributed by atoms with Crippen molar-refractivity contribution in [2.24, 2.45) is 0 Å². The van der Waals surface area contributed by atoms with Crippen molar-refractivity contribution in [3.05, 3.63) is 0 Å². The van der Waals surface area contributed by atoms with Crippen LogP contribution in [-0.4, -0.2) is 43.8 Å². The molecular weight excluding hydrogens is 329 g/mol.